The summed E-state index contributed by atoms with van der Waals surface area (Å²) in [6.07, 6.45) is 4.43. The minimum Gasteiger partial charge on any atom is -0.338 e. The zero-order valence-corrected chi connectivity index (χ0v) is 9.86. The summed E-state index contributed by atoms with van der Waals surface area (Å²) in [7, 11) is 0. The van der Waals surface area contributed by atoms with Crippen LogP contribution in [-0.2, 0) is 6.54 Å². The maximum absolute atomic E-state index is 11.4. The summed E-state index contributed by atoms with van der Waals surface area (Å²) in [5, 5.41) is 5.61. The summed E-state index contributed by atoms with van der Waals surface area (Å²) in [4.78, 5) is 15.3. The second-order valence-electron chi connectivity index (χ2n) is 4.15. The van der Waals surface area contributed by atoms with Crippen molar-refractivity contribution < 1.29 is 4.79 Å². The topological polar surface area (TPSA) is 54.0 Å². The van der Waals surface area contributed by atoms with Crippen molar-refractivity contribution in [3.8, 4) is 0 Å². The van der Waals surface area contributed by atoms with E-state index in [4.69, 9.17) is 0 Å². The minimum atomic E-state index is -0.113. The molecule has 88 valence electrons. The molecule has 1 heterocycles. The van der Waals surface area contributed by atoms with Crippen molar-refractivity contribution in [3.63, 3.8) is 0 Å². The molecule has 16 heavy (non-hydrogen) atoms. The second kappa shape index (κ2) is 6.82. The van der Waals surface area contributed by atoms with Gasteiger partial charge in [0.25, 0.3) is 0 Å². The van der Waals surface area contributed by atoms with Gasteiger partial charge in [-0.2, -0.15) is 0 Å². The Kier molecular flexibility index (Phi) is 5.32. The summed E-state index contributed by atoms with van der Waals surface area (Å²) in [6, 6.07) is 3.65. The molecule has 0 aliphatic carbocycles. The van der Waals surface area contributed by atoms with E-state index in [1.54, 1.807) is 12.4 Å². The van der Waals surface area contributed by atoms with Gasteiger partial charge in [0.05, 0.1) is 0 Å². The smallest absolute Gasteiger partial charge is 0.315 e. The van der Waals surface area contributed by atoms with Crippen LogP contribution in [0.15, 0.2) is 24.5 Å². The lowest BCUT2D eigenvalue weighted by Crippen LogP contribution is -2.35. The molecule has 0 aliphatic heterocycles. The Bertz CT molecular complexity index is 311. The highest BCUT2D eigenvalue weighted by Crippen LogP contribution is 1.96. The van der Waals surface area contributed by atoms with Crippen molar-refractivity contribution in [2.45, 2.75) is 26.8 Å². The summed E-state index contributed by atoms with van der Waals surface area (Å²) in [6.45, 7) is 5.53. The zero-order chi connectivity index (χ0) is 11.8. The van der Waals surface area contributed by atoms with Crippen LogP contribution in [-0.4, -0.2) is 17.6 Å². The van der Waals surface area contributed by atoms with Crippen molar-refractivity contribution in [2.24, 2.45) is 5.92 Å². The van der Waals surface area contributed by atoms with Gasteiger partial charge in [-0.05, 0) is 30.0 Å². The molecule has 2 N–H and O–H groups in total. The van der Waals surface area contributed by atoms with Crippen molar-refractivity contribution in [2.75, 3.05) is 6.54 Å². The average Bonchev–Trinajstić information content (AvgIpc) is 2.27. The molecule has 0 unspecified atom stereocenters. The van der Waals surface area contributed by atoms with Crippen LogP contribution in [0.4, 0.5) is 4.79 Å². The Morgan fingerprint density at radius 2 is 2.00 bits per heavy atom. The molecule has 0 radical (unpaired) electrons. The first-order chi connectivity index (χ1) is 7.68. The third-order valence-corrected chi connectivity index (χ3v) is 2.21. The highest BCUT2D eigenvalue weighted by molar-refractivity contribution is 5.73. The van der Waals surface area contributed by atoms with E-state index in [0.717, 1.165) is 18.5 Å². The van der Waals surface area contributed by atoms with Crippen LogP contribution in [0.1, 0.15) is 25.8 Å². The summed E-state index contributed by atoms with van der Waals surface area (Å²) in [5.74, 6) is 0.612. The molecule has 0 saturated carbocycles. The maximum atomic E-state index is 11.4. The first-order valence-electron chi connectivity index (χ1n) is 5.59. The van der Waals surface area contributed by atoms with E-state index in [-0.39, 0.29) is 6.03 Å². The van der Waals surface area contributed by atoms with Gasteiger partial charge >= 0.3 is 6.03 Å². The maximum Gasteiger partial charge on any atom is 0.315 e. The molecule has 0 atom stereocenters. The molecular formula is C12H19N3O. The van der Waals surface area contributed by atoms with Crippen molar-refractivity contribution in [3.05, 3.63) is 30.1 Å². The number of amides is 2. The van der Waals surface area contributed by atoms with Gasteiger partial charge in [-0.25, -0.2) is 4.79 Å². The highest BCUT2D eigenvalue weighted by atomic mass is 16.2. The molecule has 1 aromatic heterocycles. The van der Waals surface area contributed by atoms with Crippen LogP contribution in [0.5, 0.6) is 0 Å². The first-order valence-corrected chi connectivity index (χ1v) is 5.59. The Morgan fingerprint density at radius 1 is 1.31 bits per heavy atom. The third-order valence-electron chi connectivity index (χ3n) is 2.21. The quantitative estimate of drug-likeness (QED) is 0.798. The number of nitrogens with one attached hydrogen (secondary N) is 2. The van der Waals surface area contributed by atoms with Crippen molar-refractivity contribution in [1.29, 1.82) is 0 Å². The van der Waals surface area contributed by atoms with E-state index in [2.05, 4.69) is 29.5 Å². The van der Waals surface area contributed by atoms with E-state index in [9.17, 15) is 4.79 Å². The van der Waals surface area contributed by atoms with Gasteiger partial charge in [-0.3, -0.25) is 4.98 Å². The van der Waals surface area contributed by atoms with E-state index in [1.165, 1.54) is 0 Å². The van der Waals surface area contributed by atoms with Gasteiger partial charge in [-0.1, -0.05) is 13.8 Å². The van der Waals surface area contributed by atoms with E-state index in [1.807, 2.05) is 12.1 Å². The summed E-state index contributed by atoms with van der Waals surface area (Å²) in [5.41, 5.74) is 1.05. The Balaban J connectivity index is 2.16. The fraction of sp³-hybridized carbons (Fsp3) is 0.500. The number of pyridine rings is 1. The SMILES string of the molecule is CC(C)CCNC(=O)NCc1ccncc1. The van der Waals surface area contributed by atoms with Crippen LogP contribution in [0.25, 0.3) is 0 Å². The fourth-order valence-corrected chi connectivity index (χ4v) is 1.22. The number of aromatic nitrogens is 1. The number of hydrogen-bond acceptors (Lipinski definition) is 2. The van der Waals surface area contributed by atoms with E-state index in [0.29, 0.717) is 12.5 Å². The lowest BCUT2D eigenvalue weighted by atomic mass is 10.1. The number of hydrogen-bond donors (Lipinski definition) is 2. The van der Waals surface area contributed by atoms with Crippen molar-refractivity contribution >= 4 is 6.03 Å². The number of carbonyl (C=O) groups is 1. The van der Waals surface area contributed by atoms with Gasteiger partial charge in [0.2, 0.25) is 0 Å². The van der Waals surface area contributed by atoms with Gasteiger partial charge in [-0.15, -0.1) is 0 Å². The molecule has 0 spiro atoms. The van der Waals surface area contributed by atoms with Crippen LogP contribution >= 0.6 is 0 Å². The Labute approximate surface area is 96.5 Å². The predicted octanol–water partition coefficient (Wildman–Crippen LogP) is 1.93. The summed E-state index contributed by atoms with van der Waals surface area (Å²) >= 11 is 0. The van der Waals surface area contributed by atoms with Crippen LogP contribution < -0.4 is 10.6 Å². The minimum absolute atomic E-state index is 0.113. The molecular weight excluding hydrogens is 202 g/mol. The number of urea groups is 1. The third kappa shape index (κ3) is 5.34. The zero-order valence-electron chi connectivity index (χ0n) is 9.86. The van der Waals surface area contributed by atoms with Gasteiger partial charge in [0.15, 0.2) is 0 Å². The number of rotatable bonds is 5. The molecule has 4 nitrogen and oxygen atoms in total. The molecule has 0 aromatic carbocycles. The average molecular weight is 221 g/mol. The van der Waals surface area contributed by atoms with E-state index < -0.39 is 0 Å². The number of nitrogens with zero attached hydrogens (tertiary/aromatic N) is 1. The van der Waals surface area contributed by atoms with Gasteiger partial charge < -0.3 is 10.6 Å². The van der Waals surface area contributed by atoms with Crippen LogP contribution in [0.3, 0.4) is 0 Å². The Hall–Kier alpha value is -1.58. The first kappa shape index (κ1) is 12.5. The molecule has 0 saturated heterocycles. The fourth-order valence-electron chi connectivity index (χ4n) is 1.22. The highest BCUT2D eigenvalue weighted by Gasteiger charge is 2.00. The Morgan fingerprint density at radius 3 is 2.62 bits per heavy atom. The molecule has 0 aliphatic rings. The van der Waals surface area contributed by atoms with E-state index >= 15 is 0 Å². The van der Waals surface area contributed by atoms with Crippen molar-refractivity contribution in [1.82, 2.24) is 15.6 Å². The number of carbonyl (C=O) groups excluding carboxylic acids is 1. The summed E-state index contributed by atoms with van der Waals surface area (Å²) < 4.78 is 0. The largest absolute Gasteiger partial charge is 0.338 e. The van der Waals surface area contributed by atoms with Crippen LogP contribution in [0, 0.1) is 5.92 Å². The van der Waals surface area contributed by atoms with Gasteiger partial charge in [0, 0.05) is 25.5 Å². The van der Waals surface area contributed by atoms with Gasteiger partial charge in [0.1, 0.15) is 0 Å². The standard InChI is InChI=1S/C12H19N3O/c1-10(2)3-8-14-12(16)15-9-11-4-6-13-7-5-11/h4-7,10H,3,8-9H2,1-2H3,(H2,14,15,16). The lowest BCUT2D eigenvalue weighted by molar-refractivity contribution is 0.240. The lowest BCUT2D eigenvalue weighted by Gasteiger charge is -2.08. The second-order valence-corrected chi connectivity index (χ2v) is 4.15. The molecule has 2 amide bonds. The molecule has 1 rings (SSSR count). The predicted molar refractivity (Wildman–Crippen MR) is 63.9 cm³/mol. The van der Waals surface area contributed by atoms with Crippen LogP contribution in [0.2, 0.25) is 0 Å². The normalized spacial score (nSPS) is 10.2. The molecule has 1 aromatic rings. The molecule has 4 heteroatoms. The molecule has 0 fully saturated rings. The molecule has 0 bridgehead atoms. The monoisotopic (exact) mass is 221 g/mol.